The molecule has 2 N–H and O–H groups in total. The molecule has 26 heavy (non-hydrogen) atoms. The Bertz CT molecular complexity index is 705. The van der Waals surface area contributed by atoms with Gasteiger partial charge in [-0.1, -0.05) is 24.3 Å². The number of nitrogens with zero attached hydrogens (tertiary/aromatic N) is 3. The summed E-state index contributed by atoms with van der Waals surface area (Å²) < 4.78 is 7.79. The molecule has 0 aliphatic carbocycles. The molecule has 1 fully saturated rings. The van der Waals surface area contributed by atoms with Gasteiger partial charge in [-0.15, -0.1) is 0 Å². The maximum atomic E-state index is 5.85. The van der Waals surface area contributed by atoms with E-state index in [0.717, 1.165) is 45.0 Å². The minimum atomic E-state index is -0.0891. The Kier molecular flexibility index (Phi) is 6.28. The molecule has 1 aliphatic rings. The van der Waals surface area contributed by atoms with Crippen LogP contribution >= 0.6 is 0 Å². The van der Waals surface area contributed by atoms with Gasteiger partial charge in [-0.25, -0.2) is 4.99 Å². The largest absolute Gasteiger partial charge is 0.373 e. The SMILES string of the molecule is CCNC(=NCc1ccccc1Cn1cccn1)NCC1(C)CCCO1. The first-order chi connectivity index (χ1) is 12.7. The highest BCUT2D eigenvalue weighted by Crippen LogP contribution is 2.23. The normalized spacial score (nSPS) is 20.3. The van der Waals surface area contributed by atoms with Gasteiger partial charge in [0.05, 0.1) is 18.7 Å². The summed E-state index contributed by atoms with van der Waals surface area (Å²) in [6.07, 6.45) is 6.01. The van der Waals surface area contributed by atoms with Gasteiger partial charge in [-0.3, -0.25) is 4.68 Å². The lowest BCUT2D eigenvalue weighted by Crippen LogP contribution is -2.45. The molecule has 2 heterocycles. The predicted molar refractivity (Wildman–Crippen MR) is 104 cm³/mol. The molecule has 1 saturated heterocycles. The third kappa shape index (κ3) is 5.08. The van der Waals surface area contributed by atoms with Crippen LogP contribution in [0.4, 0.5) is 0 Å². The fourth-order valence-electron chi connectivity index (χ4n) is 3.19. The van der Waals surface area contributed by atoms with Crippen LogP contribution in [-0.4, -0.2) is 41.0 Å². The number of aliphatic imine (C=N–C) groups is 1. The molecule has 6 heteroatoms. The number of nitrogens with one attached hydrogen (secondary N) is 2. The van der Waals surface area contributed by atoms with Crippen molar-refractivity contribution in [3.63, 3.8) is 0 Å². The first kappa shape index (κ1) is 18.5. The lowest BCUT2D eigenvalue weighted by molar-refractivity contribution is 0.0243. The van der Waals surface area contributed by atoms with E-state index in [0.29, 0.717) is 6.54 Å². The molecule has 0 radical (unpaired) electrons. The van der Waals surface area contributed by atoms with Crippen molar-refractivity contribution in [1.29, 1.82) is 0 Å². The molecule has 140 valence electrons. The van der Waals surface area contributed by atoms with Crippen LogP contribution in [0.2, 0.25) is 0 Å². The number of aromatic nitrogens is 2. The molecule has 0 bridgehead atoms. The molecule has 1 unspecified atom stereocenters. The summed E-state index contributed by atoms with van der Waals surface area (Å²) in [4.78, 5) is 4.77. The third-order valence-electron chi connectivity index (χ3n) is 4.69. The number of rotatable bonds is 7. The summed E-state index contributed by atoms with van der Waals surface area (Å²) in [7, 11) is 0. The quantitative estimate of drug-likeness (QED) is 0.592. The first-order valence-electron chi connectivity index (χ1n) is 9.39. The zero-order valence-corrected chi connectivity index (χ0v) is 15.7. The third-order valence-corrected chi connectivity index (χ3v) is 4.69. The van der Waals surface area contributed by atoms with Gasteiger partial charge in [0.2, 0.25) is 0 Å². The first-order valence-corrected chi connectivity index (χ1v) is 9.39. The van der Waals surface area contributed by atoms with E-state index in [1.54, 1.807) is 6.20 Å². The Morgan fingerprint density at radius 2 is 2.12 bits per heavy atom. The molecule has 1 aromatic carbocycles. The average Bonchev–Trinajstić information content (AvgIpc) is 3.31. The van der Waals surface area contributed by atoms with Crippen LogP contribution < -0.4 is 10.6 Å². The number of guanidine groups is 1. The van der Waals surface area contributed by atoms with Gasteiger partial charge in [0.25, 0.3) is 0 Å². The van der Waals surface area contributed by atoms with Gasteiger partial charge in [0.1, 0.15) is 0 Å². The van der Waals surface area contributed by atoms with Crippen LogP contribution in [0, 0.1) is 0 Å². The van der Waals surface area contributed by atoms with Gasteiger partial charge in [-0.05, 0) is 43.9 Å². The van der Waals surface area contributed by atoms with Crippen LogP contribution in [0.15, 0.2) is 47.7 Å². The van der Waals surface area contributed by atoms with Crippen molar-refractivity contribution in [2.45, 2.75) is 45.4 Å². The zero-order chi connectivity index (χ0) is 18.2. The molecule has 1 atom stereocenters. The van der Waals surface area contributed by atoms with Crippen molar-refractivity contribution >= 4 is 5.96 Å². The van der Waals surface area contributed by atoms with E-state index < -0.39 is 0 Å². The van der Waals surface area contributed by atoms with Crippen LogP contribution in [0.25, 0.3) is 0 Å². The van der Waals surface area contributed by atoms with Gasteiger partial charge >= 0.3 is 0 Å². The lowest BCUT2D eigenvalue weighted by atomic mass is 10.0. The van der Waals surface area contributed by atoms with Crippen molar-refractivity contribution < 1.29 is 4.74 Å². The fourth-order valence-corrected chi connectivity index (χ4v) is 3.19. The summed E-state index contributed by atoms with van der Waals surface area (Å²) >= 11 is 0. The highest BCUT2D eigenvalue weighted by Gasteiger charge is 2.29. The zero-order valence-electron chi connectivity index (χ0n) is 15.7. The van der Waals surface area contributed by atoms with Crippen LogP contribution in [0.3, 0.4) is 0 Å². The number of hydrogen-bond donors (Lipinski definition) is 2. The van der Waals surface area contributed by atoms with E-state index in [1.165, 1.54) is 11.1 Å². The smallest absolute Gasteiger partial charge is 0.191 e. The Morgan fingerprint density at radius 1 is 1.27 bits per heavy atom. The number of hydrogen-bond acceptors (Lipinski definition) is 3. The maximum absolute atomic E-state index is 5.85. The van der Waals surface area contributed by atoms with E-state index in [9.17, 15) is 0 Å². The van der Waals surface area contributed by atoms with Gasteiger partial charge in [0.15, 0.2) is 5.96 Å². The van der Waals surface area contributed by atoms with Crippen molar-refractivity contribution in [2.75, 3.05) is 19.7 Å². The molecule has 6 nitrogen and oxygen atoms in total. The summed E-state index contributed by atoms with van der Waals surface area (Å²) in [5, 5.41) is 11.1. The van der Waals surface area contributed by atoms with E-state index in [2.05, 4.69) is 53.8 Å². The standard InChI is InChI=1S/C20H29N5O/c1-3-21-19(23-16-20(2)10-6-13-26-20)22-14-17-8-4-5-9-18(17)15-25-12-7-11-24-25/h4-5,7-9,11-12H,3,6,10,13-16H2,1-2H3,(H2,21,22,23). The Labute approximate surface area is 155 Å². The second-order valence-corrected chi connectivity index (χ2v) is 6.92. The monoisotopic (exact) mass is 355 g/mol. The maximum Gasteiger partial charge on any atom is 0.191 e. The predicted octanol–water partition coefficient (Wildman–Crippen LogP) is 2.56. The topological polar surface area (TPSA) is 63.5 Å². The molecule has 0 saturated carbocycles. The second-order valence-electron chi connectivity index (χ2n) is 6.92. The van der Waals surface area contributed by atoms with E-state index in [1.807, 2.05) is 16.9 Å². The van der Waals surface area contributed by atoms with E-state index >= 15 is 0 Å². The molecule has 2 aromatic rings. The lowest BCUT2D eigenvalue weighted by Gasteiger charge is -2.24. The molecule has 0 amide bonds. The van der Waals surface area contributed by atoms with Crippen molar-refractivity contribution in [2.24, 2.45) is 4.99 Å². The molecule has 1 aliphatic heterocycles. The van der Waals surface area contributed by atoms with Crippen molar-refractivity contribution in [3.05, 3.63) is 53.9 Å². The number of benzene rings is 1. The highest BCUT2D eigenvalue weighted by atomic mass is 16.5. The Balaban J connectivity index is 1.65. The van der Waals surface area contributed by atoms with Crippen LogP contribution in [0.5, 0.6) is 0 Å². The summed E-state index contributed by atoms with van der Waals surface area (Å²) in [6.45, 7) is 8.09. The second kappa shape index (κ2) is 8.85. The van der Waals surface area contributed by atoms with Crippen molar-refractivity contribution in [1.82, 2.24) is 20.4 Å². The number of ether oxygens (including phenoxy) is 1. The summed E-state index contributed by atoms with van der Waals surface area (Å²) in [5.41, 5.74) is 2.36. The molecular formula is C20H29N5O. The van der Waals surface area contributed by atoms with E-state index in [-0.39, 0.29) is 5.60 Å². The summed E-state index contributed by atoms with van der Waals surface area (Å²) in [6, 6.07) is 10.3. The molecule has 0 spiro atoms. The summed E-state index contributed by atoms with van der Waals surface area (Å²) in [5.74, 6) is 0.832. The minimum Gasteiger partial charge on any atom is -0.373 e. The van der Waals surface area contributed by atoms with Gasteiger partial charge in [-0.2, -0.15) is 5.10 Å². The Hall–Kier alpha value is -2.34. The van der Waals surface area contributed by atoms with Crippen LogP contribution in [-0.2, 0) is 17.8 Å². The Morgan fingerprint density at radius 3 is 2.81 bits per heavy atom. The van der Waals surface area contributed by atoms with Gasteiger partial charge in [0, 0.05) is 32.1 Å². The van der Waals surface area contributed by atoms with Gasteiger partial charge < -0.3 is 15.4 Å². The minimum absolute atomic E-state index is 0.0891. The fraction of sp³-hybridized carbons (Fsp3) is 0.500. The van der Waals surface area contributed by atoms with Crippen molar-refractivity contribution in [3.8, 4) is 0 Å². The molecule has 3 rings (SSSR count). The van der Waals surface area contributed by atoms with E-state index in [4.69, 9.17) is 9.73 Å². The average molecular weight is 355 g/mol. The molecule has 1 aromatic heterocycles. The highest BCUT2D eigenvalue weighted by molar-refractivity contribution is 5.79. The molecular weight excluding hydrogens is 326 g/mol. The van der Waals surface area contributed by atoms with Crippen LogP contribution in [0.1, 0.15) is 37.8 Å².